The van der Waals surface area contributed by atoms with Crippen molar-refractivity contribution in [2.75, 3.05) is 12.3 Å². The van der Waals surface area contributed by atoms with Crippen LogP contribution in [0.15, 0.2) is 47.4 Å². The highest BCUT2D eigenvalue weighted by molar-refractivity contribution is 7.99. The van der Waals surface area contributed by atoms with Crippen molar-refractivity contribution >= 4 is 11.8 Å². The molecule has 0 aliphatic rings. The summed E-state index contributed by atoms with van der Waals surface area (Å²) in [5, 5.41) is 3.55. The highest BCUT2D eigenvalue weighted by Gasteiger charge is 2.03. The lowest BCUT2D eigenvalue weighted by Gasteiger charge is -2.12. The van der Waals surface area contributed by atoms with Crippen LogP contribution < -0.4 is 5.32 Å². The van der Waals surface area contributed by atoms with Gasteiger partial charge in [0.15, 0.2) is 0 Å². The van der Waals surface area contributed by atoms with E-state index < -0.39 is 0 Å². The summed E-state index contributed by atoms with van der Waals surface area (Å²) in [6, 6.07) is 15.1. The number of thioether (sulfide) groups is 1. The first-order valence-electron chi connectivity index (χ1n) is 7.12. The largest absolute Gasteiger partial charge is 0.312 e. The van der Waals surface area contributed by atoms with E-state index in [2.05, 4.69) is 68.6 Å². The van der Waals surface area contributed by atoms with Gasteiger partial charge in [-0.2, -0.15) is 0 Å². The summed E-state index contributed by atoms with van der Waals surface area (Å²) < 4.78 is 0. The minimum Gasteiger partial charge on any atom is -0.312 e. The molecule has 20 heavy (non-hydrogen) atoms. The average Bonchev–Trinajstić information content (AvgIpc) is 2.42. The first kappa shape index (κ1) is 15.1. The number of hydrogen-bond acceptors (Lipinski definition) is 2. The van der Waals surface area contributed by atoms with Gasteiger partial charge in [0.25, 0.3) is 0 Å². The zero-order valence-corrected chi connectivity index (χ0v) is 13.4. The van der Waals surface area contributed by atoms with E-state index in [1.165, 1.54) is 27.1 Å². The lowest BCUT2D eigenvalue weighted by atomic mass is 10.00. The smallest absolute Gasteiger partial charge is 0.0211 e. The third kappa shape index (κ3) is 4.39. The second-order valence-corrected chi connectivity index (χ2v) is 6.38. The second-order valence-electron chi connectivity index (χ2n) is 5.22. The standard InChI is InChI=1S/C18H23NS/c1-14-11-15(2)18(16(3)12-14)13-19-9-10-20-17-7-5-4-6-8-17/h4-8,11-12,19H,9-10,13H2,1-3H3. The van der Waals surface area contributed by atoms with Crippen LogP contribution in [0.4, 0.5) is 0 Å². The Morgan fingerprint density at radius 1 is 0.950 bits per heavy atom. The van der Waals surface area contributed by atoms with Crippen molar-refractivity contribution in [3.05, 3.63) is 64.7 Å². The highest BCUT2D eigenvalue weighted by Crippen LogP contribution is 2.17. The van der Waals surface area contributed by atoms with Gasteiger partial charge in [0.1, 0.15) is 0 Å². The molecule has 0 saturated carbocycles. The number of benzene rings is 2. The van der Waals surface area contributed by atoms with E-state index >= 15 is 0 Å². The molecule has 0 spiro atoms. The quantitative estimate of drug-likeness (QED) is 0.620. The normalized spacial score (nSPS) is 10.8. The zero-order chi connectivity index (χ0) is 14.4. The summed E-state index contributed by atoms with van der Waals surface area (Å²) in [4.78, 5) is 1.34. The van der Waals surface area contributed by atoms with Crippen LogP contribution in [-0.2, 0) is 6.54 Å². The fourth-order valence-corrected chi connectivity index (χ4v) is 3.29. The van der Waals surface area contributed by atoms with Crippen molar-refractivity contribution in [2.45, 2.75) is 32.2 Å². The Hall–Kier alpha value is -1.25. The minimum atomic E-state index is 0.966. The fourth-order valence-electron chi connectivity index (χ4n) is 2.46. The van der Waals surface area contributed by atoms with E-state index in [1.54, 1.807) is 0 Å². The monoisotopic (exact) mass is 285 g/mol. The molecule has 0 radical (unpaired) electrons. The maximum Gasteiger partial charge on any atom is 0.0211 e. The van der Waals surface area contributed by atoms with Crippen LogP contribution in [0.5, 0.6) is 0 Å². The molecule has 0 heterocycles. The summed E-state index contributed by atoms with van der Waals surface area (Å²) >= 11 is 1.90. The van der Waals surface area contributed by atoms with Crippen LogP contribution in [0.1, 0.15) is 22.3 Å². The maximum absolute atomic E-state index is 3.55. The predicted octanol–water partition coefficient (Wildman–Crippen LogP) is 4.49. The van der Waals surface area contributed by atoms with Crippen molar-refractivity contribution in [1.29, 1.82) is 0 Å². The Labute approximate surface area is 126 Å². The van der Waals surface area contributed by atoms with Gasteiger partial charge in [-0.05, 0) is 49.6 Å². The number of rotatable bonds is 6. The fraction of sp³-hybridized carbons (Fsp3) is 0.333. The predicted molar refractivity (Wildman–Crippen MR) is 89.5 cm³/mol. The molecule has 0 saturated heterocycles. The third-order valence-electron chi connectivity index (χ3n) is 3.43. The van der Waals surface area contributed by atoms with Crippen molar-refractivity contribution in [2.24, 2.45) is 0 Å². The molecule has 0 atom stereocenters. The van der Waals surface area contributed by atoms with Gasteiger partial charge in [0.2, 0.25) is 0 Å². The Morgan fingerprint density at radius 3 is 2.25 bits per heavy atom. The summed E-state index contributed by atoms with van der Waals surface area (Å²) in [7, 11) is 0. The Morgan fingerprint density at radius 2 is 1.60 bits per heavy atom. The van der Waals surface area contributed by atoms with E-state index in [-0.39, 0.29) is 0 Å². The van der Waals surface area contributed by atoms with Crippen molar-refractivity contribution in [3.8, 4) is 0 Å². The second kappa shape index (κ2) is 7.51. The van der Waals surface area contributed by atoms with Crippen LogP contribution in [0, 0.1) is 20.8 Å². The van der Waals surface area contributed by atoms with Gasteiger partial charge < -0.3 is 5.32 Å². The molecular formula is C18H23NS. The zero-order valence-electron chi connectivity index (χ0n) is 12.6. The molecule has 2 aromatic rings. The molecule has 106 valence electrons. The number of aryl methyl sites for hydroxylation is 3. The van der Waals surface area contributed by atoms with Crippen LogP contribution in [0.25, 0.3) is 0 Å². The van der Waals surface area contributed by atoms with Gasteiger partial charge in [0.05, 0.1) is 0 Å². The molecule has 0 amide bonds. The molecule has 1 nitrogen and oxygen atoms in total. The van der Waals surface area contributed by atoms with Crippen molar-refractivity contribution in [3.63, 3.8) is 0 Å². The highest BCUT2D eigenvalue weighted by atomic mass is 32.2. The van der Waals surface area contributed by atoms with Crippen LogP contribution in [-0.4, -0.2) is 12.3 Å². The first-order chi connectivity index (χ1) is 9.66. The molecule has 0 unspecified atom stereocenters. The van der Waals surface area contributed by atoms with E-state index in [9.17, 15) is 0 Å². The van der Waals surface area contributed by atoms with Crippen LogP contribution in [0.3, 0.4) is 0 Å². The lowest BCUT2D eigenvalue weighted by molar-refractivity contribution is 0.725. The Kier molecular flexibility index (Phi) is 5.69. The number of nitrogens with one attached hydrogen (secondary N) is 1. The first-order valence-corrected chi connectivity index (χ1v) is 8.10. The molecular weight excluding hydrogens is 262 g/mol. The molecule has 1 N–H and O–H groups in total. The van der Waals surface area contributed by atoms with Gasteiger partial charge >= 0.3 is 0 Å². The van der Waals surface area contributed by atoms with E-state index in [0.29, 0.717) is 0 Å². The topological polar surface area (TPSA) is 12.0 Å². The van der Waals surface area contributed by atoms with Gasteiger partial charge in [-0.15, -0.1) is 11.8 Å². The van der Waals surface area contributed by atoms with E-state index in [4.69, 9.17) is 0 Å². The number of hydrogen-bond donors (Lipinski definition) is 1. The molecule has 2 aromatic carbocycles. The maximum atomic E-state index is 3.55. The molecule has 0 aromatic heterocycles. The molecule has 0 bridgehead atoms. The molecule has 2 heteroatoms. The summed E-state index contributed by atoms with van der Waals surface area (Å²) in [6.45, 7) is 8.57. The Balaban J connectivity index is 1.76. The molecule has 0 aliphatic heterocycles. The SMILES string of the molecule is Cc1cc(C)c(CNCCSc2ccccc2)c(C)c1. The van der Waals surface area contributed by atoms with Crippen molar-refractivity contribution in [1.82, 2.24) is 5.32 Å². The lowest BCUT2D eigenvalue weighted by Crippen LogP contribution is -2.18. The third-order valence-corrected chi connectivity index (χ3v) is 4.45. The summed E-state index contributed by atoms with van der Waals surface area (Å²) in [5.41, 5.74) is 5.58. The van der Waals surface area contributed by atoms with Gasteiger partial charge in [-0.3, -0.25) is 0 Å². The summed E-state index contributed by atoms with van der Waals surface area (Å²) in [6.07, 6.45) is 0. The van der Waals surface area contributed by atoms with Gasteiger partial charge in [0, 0.05) is 23.7 Å². The van der Waals surface area contributed by atoms with Crippen LogP contribution >= 0.6 is 11.8 Å². The molecule has 0 aliphatic carbocycles. The van der Waals surface area contributed by atoms with Gasteiger partial charge in [-0.1, -0.05) is 35.9 Å². The van der Waals surface area contributed by atoms with E-state index in [0.717, 1.165) is 18.8 Å². The summed E-state index contributed by atoms with van der Waals surface area (Å²) in [5.74, 6) is 1.11. The average molecular weight is 285 g/mol. The molecule has 2 rings (SSSR count). The molecule has 0 fully saturated rings. The van der Waals surface area contributed by atoms with Gasteiger partial charge in [-0.25, -0.2) is 0 Å². The van der Waals surface area contributed by atoms with E-state index in [1.807, 2.05) is 11.8 Å². The van der Waals surface area contributed by atoms with Crippen LogP contribution in [0.2, 0.25) is 0 Å². The minimum absolute atomic E-state index is 0.966. The Bertz CT molecular complexity index is 526. The van der Waals surface area contributed by atoms with Crippen molar-refractivity contribution < 1.29 is 0 Å².